The van der Waals surface area contributed by atoms with Gasteiger partial charge in [-0.1, -0.05) is 20.8 Å². The molecule has 0 radical (unpaired) electrons. The third-order valence-corrected chi connectivity index (χ3v) is 7.82. The molecule has 1 aliphatic heterocycles. The van der Waals surface area contributed by atoms with Crippen LogP contribution >= 0.6 is 23.7 Å². The minimum absolute atomic E-state index is 0. The fourth-order valence-corrected chi connectivity index (χ4v) is 5.54. The fraction of sp³-hybridized carbons (Fsp3) is 0.714. The van der Waals surface area contributed by atoms with Crippen LogP contribution < -0.4 is 5.32 Å². The Morgan fingerprint density at radius 1 is 1.29 bits per heavy atom. The maximum absolute atomic E-state index is 12.8. The lowest BCUT2D eigenvalue weighted by molar-refractivity contribution is 0.233. The van der Waals surface area contributed by atoms with Crippen LogP contribution in [0.1, 0.15) is 39.5 Å². The SMILES string of the molecule is CC1NCCN(S(=O)(=O)c2ccc(C(C)(C)C)s2)C1C.Cl. The molecule has 2 rings (SSSR count). The van der Waals surface area contributed by atoms with E-state index in [-0.39, 0.29) is 29.9 Å². The van der Waals surface area contributed by atoms with Crippen LogP contribution in [0.4, 0.5) is 0 Å². The highest BCUT2D eigenvalue weighted by molar-refractivity contribution is 7.91. The lowest BCUT2D eigenvalue weighted by Gasteiger charge is -2.37. The lowest BCUT2D eigenvalue weighted by Crippen LogP contribution is -2.56. The van der Waals surface area contributed by atoms with Crippen LogP contribution in [0.3, 0.4) is 0 Å². The molecule has 1 aromatic heterocycles. The number of sulfonamides is 1. The summed E-state index contributed by atoms with van der Waals surface area (Å²) in [6, 6.07) is 3.85. The average Bonchev–Trinajstić information content (AvgIpc) is 2.82. The third-order valence-electron chi connectivity index (χ3n) is 3.86. The average molecular weight is 353 g/mol. The van der Waals surface area contributed by atoms with Gasteiger partial charge in [-0.05, 0) is 31.4 Å². The highest BCUT2D eigenvalue weighted by atomic mass is 35.5. The Morgan fingerprint density at radius 3 is 2.43 bits per heavy atom. The molecule has 1 N–H and O–H groups in total. The zero-order valence-electron chi connectivity index (χ0n) is 13.2. The van der Waals surface area contributed by atoms with E-state index in [0.717, 1.165) is 4.88 Å². The van der Waals surface area contributed by atoms with Crippen molar-refractivity contribution in [3.63, 3.8) is 0 Å². The quantitative estimate of drug-likeness (QED) is 0.890. The van der Waals surface area contributed by atoms with Crippen molar-refractivity contribution < 1.29 is 8.42 Å². The maximum atomic E-state index is 12.8. The van der Waals surface area contributed by atoms with Crippen molar-refractivity contribution in [1.29, 1.82) is 0 Å². The molecule has 0 aromatic carbocycles. The summed E-state index contributed by atoms with van der Waals surface area (Å²) < 4.78 is 27.7. The van der Waals surface area contributed by atoms with Crippen LogP contribution in [0.25, 0.3) is 0 Å². The summed E-state index contributed by atoms with van der Waals surface area (Å²) in [7, 11) is -3.37. The maximum Gasteiger partial charge on any atom is 0.252 e. The number of hydrogen-bond acceptors (Lipinski definition) is 4. The number of nitrogens with zero attached hydrogens (tertiary/aromatic N) is 1. The zero-order chi connectivity index (χ0) is 15.1. The number of halogens is 1. The lowest BCUT2D eigenvalue weighted by atomic mass is 9.95. The van der Waals surface area contributed by atoms with Crippen molar-refractivity contribution in [3.05, 3.63) is 17.0 Å². The van der Waals surface area contributed by atoms with E-state index in [1.54, 1.807) is 10.4 Å². The van der Waals surface area contributed by atoms with Crippen molar-refractivity contribution in [2.75, 3.05) is 13.1 Å². The first kappa shape index (κ1) is 18.9. The molecule has 122 valence electrons. The molecule has 0 spiro atoms. The molecule has 2 heterocycles. The third kappa shape index (κ3) is 3.79. The molecule has 2 atom stereocenters. The van der Waals surface area contributed by atoms with Crippen LogP contribution in [0.15, 0.2) is 16.3 Å². The van der Waals surface area contributed by atoms with E-state index in [2.05, 4.69) is 26.1 Å². The minimum atomic E-state index is -3.37. The Labute approximate surface area is 138 Å². The molecule has 1 aliphatic rings. The molecular formula is C14H25ClN2O2S2. The Balaban J connectivity index is 0.00000220. The van der Waals surface area contributed by atoms with Crippen molar-refractivity contribution >= 4 is 33.8 Å². The predicted molar refractivity (Wildman–Crippen MR) is 91.1 cm³/mol. The zero-order valence-corrected chi connectivity index (χ0v) is 15.7. The first-order chi connectivity index (χ1) is 9.14. The monoisotopic (exact) mass is 352 g/mol. The molecule has 1 saturated heterocycles. The smallest absolute Gasteiger partial charge is 0.252 e. The van der Waals surface area contributed by atoms with Crippen molar-refractivity contribution in [2.45, 2.75) is 56.3 Å². The van der Waals surface area contributed by atoms with Gasteiger partial charge in [-0.3, -0.25) is 0 Å². The molecule has 0 amide bonds. The summed E-state index contributed by atoms with van der Waals surface area (Å²) in [6.45, 7) is 11.5. The highest BCUT2D eigenvalue weighted by Crippen LogP contribution is 2.33. The van der Waals surface area contributed by atoms with Gasteiger partial charge < -0.3 is 5.32 Å². The van der Waals surface area contributed by atoms with Crippen LogP contribution in [-0.2, 0) is 15.4 Å². The van der Waals surface area contributed by atoms with E-state index in [1.165, 1.54) is 11.3 Å². The Bertz CT molecular complexity index is 578. The summed E-state index contributed by atoms with van der Waals surface area (Å²) in [5.41, 5.74) is -0.0131. The molecule has 0 bridgehead atoms. The van der Waals surface area contributed by atoms with Gasteiger partial charge in [0, 0.05) is 30.1 Å². The Hall–Kier alpha value is -0.140. The van der Waals surface area contributed by atoms with Crippen LogP contribution in [0.5, 0.6) is 0 Å². The molecule has 2 unspecified atom stereocenters. The van der Waals surface area contributed by atoms with Gasteiger partial charge in [-0.2, -0.15) is 4.31 Å². The standard InChI is InChI=1S/C14H24N2O2S2.ClH/c1-10-11(2)16(9-8-15-10)20(17,18)13-7-6-12(19-13)14(3,4)5;/h6-7,10-11,15H,8-9H2,1-5H3;1H. The second kappa shape index (κ2) is 6.54. The van der Waals surface area contributed by atoms with Gasteiger partial charge >= 0.3 is 0 Å². The number of hydrogen-bond donors (Lipinski definition) is 1. The first-order valence-corrected chi connectivity index (χ1v) is 9.25. The summed E-state index contributed by atoms with van der Waals surface area (Å²) in [6.07, 6.45) is 0. The summed E-state index contributed by atoms with van der Waals surface area (Å²) >= 11 is 1.39. The summed E-state index contributed by atoms with van der Waals surface area (Å²) in [5.74, 6) is 0. The molecule has 1 aromatic rings. The number of nitrogens with one attached hydrogen (secondary N) is 1. The molecule has 4 nitrogen and oxygen atoms in total. The van der Waals surface area contributed by atoms with E-state index in [1.807, 2.05) is 19.9 Å². The van der Waals surface area contributed by atoms with Gasteiger partial charge in [0.2, 0.25) is 0 Å². The topological polar surface area (TPSA) is 49.4 Å². The Morgan fingerprint density at radius 2 is 1.90 bits per heavy atom. The Kier molecular flexibility index (Phi) is 5.89. The van der Waals surface area contributed by atoms with Gasteiger partial charge in [0.1, 0.15) is 4.21 Å². The van der Waals surface area contributed by atoms with E-state index in [0.29, 0.717) is 17.3 Å². The number of piperazine rings is 1. The minimum Gasteiger partial charge on any atom is -0.311 e. The van der Waals surface area contributed by atoms with Crippen LogP contribution in [0.2, 0.25) is 0 Å². The fourth-order valence-electron chi connectivity index (χ4n) is 2.34. The second-order valence-corrected chi connectivity index (χ2v) is 9.67. The molecule has 0 aliphatic carbocycles. The second-order valence-electron chi connectivity index (χ2n) is 6.47. The normalized spacial score (nSPS) is 24.6. The van der Waals surface area contributed by atoms with Crippen LogP contribution in [-0.4, -0.2) is 37.9 Å². The largest absolute Gasteiger partial charge is 0.311 e. The van der Waals surface area contributed by atoms with E-state index >= 15 is 0 Å². The molecule has 7 heteroatoms. The van der Waals surface area contributed by atoms with Gasteiger partial charge in [0.15, 0.2) is 0 Å². The van der Waals surface area contributed by atoms with E-state index in [9.17, 15) is 8.42 Å². The summed E-state index contributed by atoms with van der Waals surface area (Å²) in [5, 5.41) is 3.31. The van der Waals surface area contributed by atoms with Gasteiger partial charge in [-0.15, -0.1) is 23.7 Å². The highest BCUT2D eigenvalue weighted by Gasteiger charge is 2.35. The number of rotatable bonds is 2. The van der Waals surface area contributed by atoms with Crippen molar-refractivity contribution in [3.8, 4) is 0 Å². The van der Waals surface area contributed by atoms with Gasteiger partial charge in [0.05, 0.1) is 0 Å². The van der Waals surface area contributed by atoms with E-state index in [4.69, 9.17) is 0 Å². The predicted octanol–water partition coefficient (Wildman–Crippen LogP) is 2.84. The summed E-state index contributed by atoms with van der Waals surface area (Å²) in [4.78, 5) is 1.10. The van der Waals surface area contributed by atoms with Crippen molar-refractivity contribution in [2.24, 2.45) is 0 Å². The molecular weight excluding hydrogens is 328 g/mol. The van der Waals surface area contributed by atoms with Crippen LogP contribution in [0, 0.1) is 0 Å². The van der Waals surface area contributed by atoms with Gasteiger partial charge in [-0.25, -0.2) is 8.42 Å². The van der Waals surface area contributed by atoms with E-state index < -0.39 is 10.0 Å². The number of thiophene rings is 1. The molecule has 1 fully saturated rings. The van der Waals surface area contributed by atoms with Gasteiger partial charge in [0.25, 0.3) is 10.0 Å². The molecule has 0 saturated carbocycles. The van der Waals surface area contributed by atoms with Crippen molar-refractivity contribution in [1.82, 2.24) is 9.62 Å². The first-order valence-electron chi connectivity index (χ1n) is 6.99. The molecule has 21 heavy (non-hydrogen) atoms.